The lowest BCUT2D eigenvalue weighted by atomic mass is 9.89. The molecule has 426 valence electrons. The molecular weight excluding hydrogens is 987 g/mol. The first-order valence-corrected chi connectivity index (χ1v) is 26.6. The molecule has 5 unspecified atom stereocenters. The van der Waals surface area contributed by atoms with E-state index >= 15 is 0 Å². The minimum Gasteiger partial charge on any atom is -0.379 e. The number of carbonyl (C=O) groups excluding carboxylic acids is 8. The normalized spacial score (nSPS) is 15.3. The summed E-state index contributed by atoms with van der Waals surface area (Å²) < 4.78 is 13.4. The summed E-state index contributed by atoms with van der Waals surface area (Å²) in [5, 5.41) is 16.8. The number of likely N-dealkylation sites (N-methyl/N-ethyl adjacent to an activating group) is 2. The first-order valence-electron chi connectivity index (χ1n) is 26.6. The van der Waals surface area contributed by atoms with Gasteiger partial charge in [0.05, 0.1) is 42.3 Å². The highest BCUT2D eigenvalue weighted by Gasteiger charge is 2.39. The predicted octanol–water partition coefficient (Wildman–Crippen LogP) is 3.86. The molecule has 21 nitrogen and oxygen atoms in total. The van der Waals surface area contributed by atoms with Crippen LogP contribution in [-0.2, 0) is 51.2 Å². The summed E-state index contributed by atoms with van der Waals surface area (Å²) >= 11 is 0. The van der Waals surface area contributed by atoms with E-state index in [1.807, 2.05) is 83.9 Å². The molecular formula is C56H87N11O10. The highest BCUT2D eigenvalue weighted by molar-refractivity contribution is 5.98. The fraction of sp³-hybridized carbons (Fsp3) is 0.571. The van der Waals surface area contributed by atoms with Crippen molar-refractivity contribution in [1.82, 2.24) is 41.0 Å². The third kappa shape index (κ3) is 19.4. The van der Waals surface area contributed by atoms with Crippen molar-refractivity contribution in [3.63, 3.8) is 0 Å². The largest absolute Gasteiger partial charge is 0.379 e. The number of nitrogens with two attached hydrogens (primary N) is 2. The number of carbonyl (C=O) groups is 8. The zero-order valence-electron chi connectivity index (χ0n) is 47.2. The maximum Gasteiger partial charge on any atom is 0.312 e. The molecule has 1 aromatic heterocycles. The molecule has 1 heterocycles. The number of ether oxygens (including phenoxy) is 2. The number of hydrogen-bond donors (Lipinski definition) is 8. The van der Waals surface area contributed by atoms with Crippen LogP contribution in [-0.4, -0.2) is 146 Å². The molecule has 0 aliphatic heterocycles. The average molecular weight is 1070 g/mol. The van der Waals surface area contributed by atoms with Crippen LogP contribution < -0.4 is 43.4 Å². The van der Waals surface area contributed by atoms with E-state index in [2.05, 4.69) is 31.9 Å². The van der Waals surface area contributed by atoms with E-state index in [4.69, 9.17) is 20.9 Å². The Bertz CT molecular complexity index is 2380. The van der Waals surface area contributed by atoms with Gasteiger partial charge in [-0.3, -0.25) is 43.0 Å². The lowest BCUT2D eigenvalue weighted by Gasteiger charge is -2.40. The number of hydrogen-bond acceptors (Lipinski definition) is 12. The highest BCUT2D eigenvalue weighted by atomic mass is 16.5. The molecule has 10 atom stereocenters. The number of primary amides is 1. The van der Waals surface area contributed by atoms with Crippen molar-refractivity contribution in [1.29, 1.82) is 0 Å². The number of aromatic nitrogens is 1. The molecule has 10 N–H and O–H groups in total. The van der Waals surface area contributed by atoms with Gasteiger partial charge >= 0.3 is 6.03 Å². The number of nitrogens with zero attached hydrogens (tertiary/aromatic N) is 3. The minimum atomic E-state index is -1.02. The summed E-state index contributed by atoms with van der Waals surface area (Å²) in [6, 6.07) is 14.1. The summed E-state index contributed by atoms with van der Waals surface area (Å²) in [4.78, 5) is 111. The molecule has 0 spiro atoms. The predicted molar refractivity (Wildman–Crippen MR) is 296 cm³/mol. The Hall–Kier alpha value is -6.68. The van der Waals surface area contributed by atoms with Crippen molar-refractivity contribution in [2.75, 3.05) is 47.2 Å². The van der Waals surface area contributed by atoms with Gasteiger partial charge in [0.2, 0.25) is 41.4 Å². The number of benzene rings is 2. The van der Waals surface area contributed by atoms with Crippen LogP contribution in [0.1, 0.15) is 115 Å². The Morgan fingerprint density at radius 1 is 0.688 bits per heavy atom. The Morgan fingerprint density at radius 2 is 1.34 bits per heavy atom. The lowest BCUT2D eigenvalue weighted by molar-refractivity contribution is -0.143. The molecule has 0 saturated carbocycles. The number of urea groups is 1. The Balaban J connectivity index is 1.79. The van der Waals surface area contributed by atoms with Gasteiger partial charge < -0.3 is 57.7 Å². The molecule has 0 aliphatic carbocycles. The van der Waals surface area contributed by atoms with Gasteiger partial charge in [0.25, 0.3) is 0 Å². The summed E-state index contributed by atoms with van der Waals surface area (Å²) in [5.74, 6) is -4.08. The van der Waals surface area contributed by atoms with Crippen LogP contribution in [0.2, 0.25) is 0 Å². The molecule has 0 aliphatic rings. The van der Waals surface area contributed by atoms with Crippen molar-refractivity contribution in [3.8, 4) is 0 Å². The molecule has 2 aromatic carbocycles. The maximum absolute atomic E-state index is 14.4. The second kappa shape index (κ2) is 32.1. The fourth-order valence-corrected chi connectivity index (χ4v) is 9.20. The molecule has 3 rings (SSSR count). The second-order valence-electron chi connectivity index (χ2n) is 20.2. The van der Waals surface area contributed by atoms with Crippen LogP contribution in [0.3, 0.4) is 0 Å². The summed E-state index contributed by atoms with van der Waals surface area (Å²) in [5.41, 5.74) is 13.4. The van der Waals surface area contributed by atoms with E-state index in [1.165, 1.54) is 18.8 Å². The maximum atomic E-state index is 14.4. The Morgan fingerprint density at radius 3 is 1.90 bits per heavy atom. The van der Waals surface area contributed by atoms with Crippen LogP contribution in [0, 0.1) is 17.8 Å². The SMILES string of the molecule is CCC(N)C(=O)NC(CCCNC(N)=O)C(=O)Nc1ccc(CNC(=O)C(Cc2ccccc2)NC(=O)[C@H](C)[C@@H](OC)c2cccn2C(=O)C[C@@H](OC)[C@H]([C@@H](C)CC)N(C)C(=O)C(NC(=O)C(CC)N(C)C)C(C)C)cc1. The van der Waals surface area contributed by atoms with Gasteiger partial charge in [-0.25, -0.2) is 4.79 Å². The first kappa shape index (κ1) is 64.6. The van der Waals surface area contributed by atoms with E-state index < -0.39 is 84.0 Å². The van der Waals surface area contributed by atoms with Crippen LogP contribution in [0.15, 0.2) is 72.9 Å². The Kier molecular flexibility index (Phi) is 27.0. The minimum absolute atomic E-state index is 0.0792. The molecule has 0 radical (unpaired) electrons. The third-order valence-corrected chi connectivity index (χ3v) is 14.1. The van der Waals surface area contributed by atoms with Crippen molar-refractivity contribution >= 4 is 53.1 Å². The average Bonchev–Trinajstić information content (AvgIpc) is 3.89. The standard InChI is InChI=1S/C56H87N11O10/c1-13-35(6)48(66(10)55(74)47(34(4)5)64-54(73)43(15-3)65(8)9)45(76-11)32-46(68)67-30-20-24-44(67)49(77-12)36(7)50(69)63-42(31-37-21-17-16-18-22-37)52(71)60-33-38-25-27-39(28-26-38)61-53(72)41(23-19-29-59-56(58)75)62-51(70)40(57)14-2/h16-18,20-22,24-28,30,34-36,40-43,45,47-49H,13-15,19,23,29,31-33,57H2,1-12H3,(H,60,71)(H,61,72)(H,62,70)(H,63,69)(H,64,73)(H3,58,59,75)/t35-,36+,40?,41?,42?,43?,45+,47?,48-,49+/m0/s1. The zero-order chi connectivity index (χ0) is 57.5. The van der Waals surface area contributed by atoms with Gasteiger partial charge in [0.15, 0.2) is 0 Å². The van der Waals surface area contributed by atoms with Crippen molar-refractivity contribution < 1.29 is 47.8 Å². The zero-order valence-corrected chi connectivity index (χ0v) is 47.2. The topological polar surface area (TPSA) is 291 Å². The van der Waals surface area contributed by atoms with E-state index in [0.29, 0.717) is 42.6 Å². The molecule has 3 aromatic rings. The molecule has 0 bridgehead atoms. The van der Waals surface area contributed by atoms with Crippen LogP contribution >= 0.6 is 0 Å². The summed E-state index contributed by atoms with van der Waals surface area (Å²) in [7, 11) is 8.27. The van der Waals surface area contributed by atoms with E-state index in [0.717, 1.165) is 5.56 Å². The molecule has 0 saturated heterocycles. The van der Waals surface area contributed by atoms with E-state index in [-0.39, 0.29) is 61.9 Å². The quantitative estimate of drug-likeness (QED) is 0.0414. The van der Waals surface area contributed by atoms with Gasteiger partial charge in [-0.15, -0.1) is 0 Å². The monoisotopic (exact) mass is 1070 g/mol. The number of amides is 8. The van der Waals surface area contributed by atoms with Gasteiger partial charge in [0, 0.05) is 52.7 Å². The van der Waals surface area contributed by atoms with Gasteiger partial charge in [-0.05, 0) is 87.0 Å². The summed E-state index contributed by atoms with van der Waals surface area (Å²) in [6.07, 6.45) is 2.09. The van der Waals surface area contributed by atoms with E-state index in [1.54, 1.807) is 68.4 Å². The highest BCUT2D eigenvalue weighted by Crippen LogP contribution is 2.29. The van der Waals surface area contributed by atoms with Crippen molar-refractivity contribution in [2.24, 2.45) is 29.2 Å². The lowest BCUT2D eigenvalue weighted by Crippen LogP contribution is -2.59. The smallest absolute Gasteiger partial charge is 0.312 e. The molecule has 77 heavy (non-hydrogen) atoms. The van der Waals surface area contributed by atoms with Crippen LogP contribution in [0.25, 0.3) is 0 Å². The van der Waals surface area contributed by atoms with Crippen molar-refractivity contribution in [3.05, 3.63) is 89.7 Å². The second-order valence-corrected chi connectivity index (χ2v) is 20.2. The number of methoxy groups -OCH3 is 2. The van der Waals surface area contributed by atoms with Crippen LogP contribution in [0.4, 0.5) is 10.5 Å². The number of rotatable bonds is 32. The van der Waals surface area contributed by atoms with Gasteiger partial charge in [-0.2, -0.15) is 0 Å². The summed E-state index contributed by atoms with van der Waals surface area (Å²) in [6.45, 7) is 13.4. The number of anilines is 1. The molecule has 0 fully saturated rings. The third-order valence-electron chi connectivity index (χ3n) is 14.1. The van der Waals surface area contributed by atoms with Crippen LogP contribution in [0.5, 0.6) is 0 Å². The van der Waals surface area contributed by atoms with Crippen molar-refractivity contribution in [2.45, 2.75) is 148 Å². The number of nitrogens with one attached hydrogen (secondary N) is 6. The van der Waals surface area contributed by atoms with Gasteiger partial charge in [-0.1, -0.05) is 97.4 Å². The first-order chi connectivity index (χ1) is 36.5. The van der Waals surface area contributed by atoms with Gasteiger partial charge in [0.1, 0.15) is 24.2 Å². The molecule has 8 amide bonds. The Labute approximate surface area is 455 Å². The fourth-order valence-electron chi connectivity index (χ4n) is 9.20. The van der Waals surface area contributed by atoms with E-state index in [9.17, 15) is 38.4 Å². The molecule has 21 heteroatoms.